The lowest BCUT2D eigenvalue weighted by Crippen LogP contribution is -2.41. The van der Waals surface area contributed by atoms with E-state index in [1.165, 1.54) is 32.1 Å². The first-order valence-electron chi connectivity index (χ1n) is 6.97. The van der Waals surface area contributed by atoms with Crippen molar-refractivity contribution in [3.8, 4) is 0 Å². The average molecular weight is 266 g/mol. The van der Waals surface area contributed by atoms with Gasteiger partial charge in [0, 0.05) is 6.92 Å². The Morgan fingerprint density at radius 2 is 2.21 bits per heavy atom. The number of nitrogens with two attached hydrogens (primary N) is 1. The van der Waals surface area contributed by atoms with Gasteiger partial charge in [-0.25, -0.2) is 0 Å². The van der Waals surface area contributed by atoms with E-state index in [0.717, 1.165) is 6.42 Å². The number of nitrogens with one attached hydrogen (secondary N) is 1. The number of amides is 1. The van der Waals surface area contributed by atoms with Crippen LogP contribution in [0.2, 0.25) is 0 Å². The maximum Gasteiger partial charge on any atom is 0.237 e. The van der Waals surface area contributed by atoms with Crippen LogP contribution >= 0.6 is 0 Å². The molecule has 6 heteroatoms. The Bertz CT molecular complexity index is 413. The molecule has 2 rings (SSSR count). The summed E-state index contributed by atoms with van der Waals surface area (Å²) in [7, 11) is 0. The van der Waals surface area contributed by atoms with Gasteiger partial charge in [-0.05, 0) is 12.3 Å². The van der Waals surface area contributed by atoms with Gasteiger partial charge < -0.3 is 15.6 Å². The van der Waals surface area contributed by atoms with Crippen molar-refractivity contribution in [1.29, 1.82) is 0 Å². The van der Waals surface area contributed by atoms with Gasteiger partial charge >= 0.3 is 0 Å². The Labute approximate surface area is 113 Å². The second kappa shape index (κ2) is 6.65. The maximum absolute atomic E-state index is 11.9. The quantitative estimate of drug-likeness (QED) is 0.837. The van der Waals surface area contributed by atoms with E-state index in [0.29, 0.717) is 17.6 Å². The summed E-state index contributed by atoms with van der Waals surface area (Å²) in [5.74, 6) is 1.45. The summed E-state index contributed by atoms with van der Waals surface area (Å²) in [6.07, 6.45) is 7.02. The number of aryl methyl sites for hydroxylation is 1. The number of hydrogen-bond acceptors (Lipinski definition) is 5. The standard InChI is InChI=1S/C13H22N4O2/c1-9-16-12(17-19-9)8-15-13(18)11(14)7-10-5-3-2-4-6-10/h10-11H,2-8,14H2,1H3,(H,15,18). The molecule has 1 unspecified atom stereocenters. The molecular weight excluding hydrogens is 244 g/mol. The summed E-state index contributed by atoms with van der Waals surface area (Å²) in [5, 5.41) is 6.47. The van der Waals surface area contributed by atoms with Gasteiger partial charge in [0.25, 0.3) is 0 Å². The molecular formula is C13H22N4O2. The second-order valence-electron chi connectivity index (χ2n) is 5.29. The van der Waals surface area contributed by atoms with Crippen LogP contribution in [0.15, 0.2) is 4.52 Å². The fourth-order valence-corrected chi connectivity index (χ4v) is 2.60. The first-order valence-corrected chi connectivity index (χ1v) is 6.97. The molecule has 0 bridgehead atoms. The van der Waals surface area contributed by atoms with Crippen molar-refractivity contribution in [1.82, 2.24) is 15.5 Å². The number of aromatic nitrogens is 2. The predicted molar refractivity (Wildman–Crippen MR) is 70.0 cm³/mol. The number of rotatable bonds is 5. The van der Waals surface area contributed by atoms with Crippen LogP contribution in [0.1, 0.15) is 50.2 Å². The van der Waals surface area contributed by atoms with Crippen molar-refractivity contribution in [3.05, 3.63) is 11.7 Å². The molecule has 19 heavy (non-hydrogen) atoms. The summed E-state index contributed by atoms with van der Waals surface area (Å²) < 4.78 is 4.84. The van der Waals surface area contributed by atoms with E-state index >= 15 is 0 Å². The minimum absolute atomic E-state index is 0.131. The molecule has 1 aromatic heterocycles. The summed E-state index contributed by atoms with van der Waals surface area (Å²) in [6, 6.07) is -0.434. The fraction of sp³-hybridized carbons (Fsp3) is 0.769. The topological polar surface area (TPSA) is 94.0 Å². The van der Waals surface area contributed by atoms with Crippen LogP contribution in [0.5, 0.6) is 0 Å². The average Bonchev–Trinajstić information content (AvgIpc) is 2.83. The van der Waals surface area contributed by atoms with Crippen LogP contribution in [-0.4, -0.2) is 22.1 Å². The zero-order valence-electron chi connectivity index (χ0n) is 11.4. The molecule has 6 nitrogen and oxygen atoms in total. The molecule has 1 aliphatic carbocycles. The first kappa shape index (κ1) is 14.0. The molecule has 0 radical (unpaired) electrons. The van der Waals surface area contributed by atoms with Crippen LogP contribution in [0, 0.1) is 12.8 Å². The summed E-state index contributed by atoms with van der Waals surface area (Å²) in [5.41, 5.74) is 5.94. The highest BCUT2D eigenvalue weighted by Crippen LogP contribution is 2.26. The molecule has 0 aromatic carbocycles. The van der Waals surface area contributed by atoms with Crippen LogP contribution in [0.25, 0.3) is 0 Å². The first-order chi connectivity index (χ1) is 9.15. The smallest absolute Gasteiger partial charge is 0.237 e. The van der Waals surface area contributed by atoms with E-state index in [1.54, 1.807) is 6.92 Å². The highest BCUT2D eigenvalue weighted by molar-refractivity contribution is 5.81. The van der Waals surface area contributed by atoms with Crippen molar-refractivity contribution in [2.75, 3.05) is 0 Å². The van der Waals surface area contributed by atoms with Crippen LogP contribution in [-0.2, 0) is 11.3 Å². The number of carbonyl (C=O) groups is 1. The molecule has 1 amide bonds. The third kappa shape index (κ3) is 4.31. The molecule has 0 spiro atoms. The lowest BCUT2D eigenvalue weighted by atomic mass is 9.85. The van der Waals surface area contributed by atoms with E-state index in [4.69, 9.17) is 10.3 Å². The third-order valence-corrected chi connectivity index (χ3v) is 3.64. The summed E-state index contributed by atoms with van der Waals surface area (Å²) in [6.45, 7) is 1.99. The van der Waals surface area contributed by atoms with Gasteiger partial charge in [0.2, 0.25) is 11.8 Å². The molecule has 1 fully saturated rings. The van der Waals surface area contributed by atoms with Crippen molar-refractivity contribution < 1.29 is 9.32 Å². The van der Waals surface area contributed by atoms with Gasteiger partial charge in [0.1, 0.15) is 0 Å². The monoisotopic (exact) mass is 266 g/mol. The molecule has 1 aromatic rings. The van der Waals surface area contributed by atoms with Gasteiger partial charge in [0.05, 0.1) is 12.6 Å². The molecule has 0 saturated heterocycles. The van der Waals surface area contributed by atoms with E-state index < -0.39 is 6.04 Å². The predicted octanol–water partition coefficient (Wildman–Crippen LogP) is 1.29. The zero-order chi connectivity index (χ0) is 13.7. The minimum Gasteiger partial charge on any atom is -0.347 e. The fourth-order valence-electron chi connectivity index (χ4n) is 2.60. The Kier molecular flexibility index (Phi) is 4.90. The number of carbonyl (C=O) groups excluding carboxylic acids is 1. The number of nitrogens with zero attached hydrogens (tertiary/aromatic N) is 2. The SMILES string of the molecule is Cc1nc(CNC(=O)C(N)CC2CCCCC2)no1. The molecule has 3 N–H and O–H groups in total. The van der Waals surface area contributed by atoms with Gasteiger partial charge in [0.15, 0.2) is 5.82 Å². The number of hydrogen-bond donors (Lipinski definition) is 2. The lowest BCUT2D eigenvalue weighted by Gasteiger charge is -2.23. The molecule has 106 valence electrons. The van der Waals surface area contributed by atoms with Crippen molar-refractivity contribution >= 4 is 5.91 Å². The molecule has 1 saturated carbocycles. The van der Waals surface area contributed by atoms with Gasteiger partial charge in [-0.15, -0.1) is 0 Å². The highest BCUT2D eigenvalue weighted by atomic mass is 16.5. The maximum atomic E-state index is 11.9. The second-order valence-corrected chi connectivity index (χ2v) is 5.29. The van der Waals surface area contributed by atoms with Gasteiger partial charge in [-0.3, -0.25) is 4.79 Å². The molecule has 1 aliphatic rings. The Hall–Kier alpha value is -1.43. The summed E-state index contributed by atoms with van der Waals surface area (Å²) in [4.78, 5) is 15.9. The van der Waals surface area contributed by atoms with Crippen LogP contribution in [0.3, 0.4) is 0 Å². The Morgan fingerprint density at radius 1 is 1.47 bits per heavy atom. The third-order valence-electron chi connectivity index (χ3n) is 3.64. The van der Waals surface area contributed by atoms with Crippen molar-refractivity contribution in [2.45, 2.75) is 58.0 Å². The van der Waals surface area contributed by atoms with Crippen LogP contribution in [0.4, 0.5) is 0 Å². The Balaban J connectivity index is 1.72. The van der Waals surface area contributed by atoms with E-state index in [2.05, 4.69) is 15.5 Å². The molecule has 0 aliphatic heterocycles. The molecule has 1 atom stereocenters. The normalized spacial score (nSPS) is 18.2. The molecule has 1 heterocycles. The van der Waals surface area contributed by atoms with E-state index in [-0.39, 0.29) is 12.5 Å². The van der Waals surface area contributed by atoms with Gasteiger partial charge in [-0.2, -0.15) is 4.98 Å². The largest absolute Gasteiger partial charge is 0.347 e. The van der Waals surface area contributed by atoms with E-state index in [1.807, 2.05) is 0 Å². The van der Waals surface area contributed by atoms with Crippen molar-refractivity contribution in [3.63, 3.8) is 0 Å². The zero-order valence-corrected chi connectivity index (χ0v) is 11.4. The van der Waals surface area contributed by atoms with Gasteiger partial charge in [-0.1, -0.05) is 37.3 Å². The van der Waals surface area contributed by atoms with Crippen molar-refractivity contribution in [2.24, 2.45) is 11.7 Å². The van der Waals surface area contributed by atoms with E-state index in [9.17, 15) is 4.79 Å². The highest BCUT2D eigenvalue weighted by Gasteiger charge is 2.21. The Morgan fingerprint density at radius 3 is 2.84 bits per heavy atom. The lowest BCUT2D eigenvalue weighted by molar-refractivity contribution is -0.123. The van der Waals surface area contributed by atoms with Crippen LogP contribution < -0.4 is 11.1 Å². The summed E-state index contributed by atoms with van der Waals surface area (Å²) >= 11 is 0. The minimum atomic E-state index is -0.434.